The van der Waals surface area contributed by atoms with Crippen molar-refractivity contribution >= 4 is 66.2 Å². The number of thiophene rings is 1. The summed E-state index contributed by atoms with van der Waals surface area (Å²) in [6, 6.07) is 1.34. The van der Waals surface area contributed by atoms with Gasteiger partial charge in [-0.25, -0.2) is 22.9 Å². The number of aryl methyl sites for hydroxylation is 1. The smallest absolute Gasteiger partial charge is 0.347 e. The number of halogens is 2. The largest absolute Gasteiger partial charge is 0.477 e. The standard InChI is InChI=1S/C10H8BrClN2O4S3/c1-4-8(10(15)16)19-6(14-4)3-13-21(17,18)7-2-5(12)9(11)20-7/h2,13H,3H2,1H3,(H,15,16). The number of hydrogen-bond donors (Lipinski definition) is 2. The minimum atomic E-state index is -3.71. The molecule has 0 aliphatic rings. The molecule has 2 aromatic rings. The molecule has 0 fully saturated rings. The zero-order valence-electron chi connectivity index (χ0n) is 10.4. The summed E-state index contributed by atoms with van der Waals surface area (Å²) in [7, 11) is -3.71. The van der Waals surface area contributed by atoms with Gasteiger partial charge in [-0.05, 0) is 28.9 Å². The molecule has 0 unspecified atom stereocenters. The number of nitrogens with one attached hydrogen (secondary N) is 1. The molecule has 2 N–H and O–H groups in total. The van der Waals surface area contributed by atoms with E-state index < -0.39 is 16.0 Å². The van der Waals surface area contributed by atoms with Gasteiger partial charge in [-0.15, -0.1) is 22.7 Å². The van der Waals surface area contributed by atoms with Crippen LogP contribution < -0.4 is 4.72 Å². The lowest BCUT2D eigenvalue weighted by atomic mass is 10.4. The van der Waals surface area contributed by atoms with Gasteiger partial charge in [-0.1, -0.05) is 11.6 Å². The van der Waals surface area contributed by atoms with Crippen LogP contribution in [0.3, 0.4) is 0 Å². The van der Waals surface area contributed by atoms with E-state index in [0.29, 0.717) is 19.5 Å². The monoisotopic (exact) mass is 430 g/mol. The highest BCUT2D eigenvalue weighted by Gasteiger charge is 2.20. The number of rotatable bonds is 5. The molecule has 2 heterocycles. The molecule has 0 saturated carbocycles. The average Bonchev–Trinajstić information content (AvgIpc) is 2.92. The fourth-order valence-corrected chi connectivity index (χ4v) is 5.78. The van der Waals surface area contributed by atoms with Gasteiger partial charge < -0.3 is 5.11 Å². The SMILES string of the molecule is Cc1nc(CNS(=O)(=O)c2cc(Cl)c(Br)s2)sc1C(=O)O. The molecule has 2 aromatic heterocycles. The first-order valence-electron chi connectivity index (χ1n) is 5.35. The summed E-state index contributed by atoms with van der Waals surface area (Å²) in [4.78, 5) is 15.0. The summed E-state index contributed by atoms with van der Waals surface area (Å²) in [6.07, 6.45) is 0. The molecule has 0 atom stereocenters. The van der Waals surface area contributed by atoms with Crippen LogP contribution in [0.1, 0.15) is 20.4 Å². The van der Waals surface area contributed by atoms with Crippen molar-refractivity contribution in [2.45, 2.75) is 17.7 Å². The number of carboxylic acids is 1. The number of carboxylic acid groups (broad SMARTS) is 1. The van der Waals surface area contributed by atoms with Crippen molar-refractivity contribution in [2.24, 2.45) is 0 Å². The van der Waals surface area contributed by atoms with Gasteiger partial charge in [0.2, 0.25) is 0 Å². The second-order valence-electron chi connectivity index (χ2n) is 3.84. The van der Waals surface area contributed by atoms with E-state index in [-0.39, 0.29) is 15.6 Å². The fraction of sp³-hybridized carbons (Fsp3) is 0.200. The first kappa shape index (κ1) is 16.8. The maximum absolute atomic E-state index is 12.1. The number of aromatic carboxylic acids is 1. The Balaban J connectivity index is 2.15. The van der Waals surface area contributed by atoms with Gasteiger partial charge in [-0.2, -0.15) is 0 Å². The Bertz CT molecular complexity index is 780. The number of hydrogen-bond acceptors (Lipinski definition) is 6. The van der Waals surface area contributed by atoms with Gasteiger partial charge in [0.15, 0.2) is 0 Å². The zero-order valence-corrected chi connectivity index (χ0v) is 15.2. The number of nitrogens with zero attached hydrogens (tertiary/aromatic N) is 1. The average molecular weight is 432 g/mol. The first-order valence-corrected chi connectivity index (χ1v) is 9.63. The minimum absolute atomic E-state index is 0.0751. The molecule has 0 aliphatic heterocycles. The summed E-state index contributed by atoms with van der Waals surface area (Å²) in [6.45, 7) is 1.49. The lowest BCUT2D eigenvalue weighted by molar-refractivity contribution is 0.0701. The van der Waals surface area contributed by atoms with E-state index >= 15 is 0 Å². The Labute approximate surface area is 142 Å². The van der Waals surface area contributed by atoms with Crippen molar-refractivity contribution in [2.75, 3.05) is 0 Å². The molecule has 114 valence electrons. The molecule has 0 radical (unpaired) electrons. The van der Waals surface area contributed by atoms with Crippen molar-refractivity contribution < 1.29 is 18.3 Å². The van der Waals surface area contributed by atoms with Crippen LogP contribution in [0.2, 0.25) is 5.02 Å². The third kappa shape index (κ3) is 3.82. The second-order valence-corrected chi connectivity index (χ2v) is 9.69. The van der Waals surface area contributed by atoms with E-state index in [4.69, 9.17) is 16.7 Å². The second kappa shape index (κ2) is 6.31. The number of aromatic nitrogens is 1. The summed E-state index contributed by atoms with van der Waals surface area (Å²) in [5, 5.41) is 9.63. The lowest BCUT2D eigenvalue weighted by Gasteiger charge is -2.01. The van der Waals surface area contributed by atoms with Crippen molar-refractivity contribution in [1.82, 2.24) is 9.71 Å². The highest BCUT2D eigenvalue weighted by atomic mass is 79.9. The van der Waals surface area contributed by atoms with Crippen LogP contribution in [0.5, 0.6) is 0 Å². The molecule has 11 heteroatoms. The van der Waals surface area contributed by atoms with E-state index in [2.05, 4.69) is 25.6 Å². The predicted octanol–water partition coefficient (Wildman–Crippen LogP) is 3.11. The van der Waals surface area contributed by atoms with E-state index in [0.717, 1.165) is 22.7 Å². The third-order valence-corrected chi connectivity index (χ3v) is 7.83. The van der Waals surface area contributed by atoms with Crippen LogP contribution in [0.15, 0.2) is 14.1 Å². The molecular formula is C10H8BrClN2O4S3. The van der Waals surface area contributed by atoms with Gasteiger partial charge >= 0.3 is 5.97 Å². The zero-order chi connectivity index (χ0) is 15.8. The molecule has 0 aromatic carbocycles. The van der Waals surface area contributed by atoms with Gasteiger partial charge in [-0.3, -0.25) is 0 Å². The number of carbonyl (C=O) groups is 1. The number of sulfonamides is 1. The van der Waals surface area contributed by atoms with Crippen LogP contribution in [0.25, 0.3) is 0 Å². The summed E-state index contributed by atoms with van der Waals surface area (Å²) < 4.78 is 27.1. The molecule has 21 heavy (non-hydrogen) atoms. The van der Waals surface area contributed by atoms with Gasteiger partial charge in [0.1, 0.15) is 14.1 Å². The van der Waals surface area contributed by atoms with E-state index in [1.807, 2.05) is 0 Å². The van der Waals surface area contributed by atoms with Crippen molar-refractivity contribution in [3.8, 4) is 0 Å². The lowest BCUT2D eigenvalue weighted by Crippen LogP contribution is -2.22. The van der Waals surface area contributed by atoms with E-state index in [1.54, 1.807) is 6.92 Å². The maximum atomic E-state index is 12.1. The maximum Gasteiger partial charge on any atom is 0.347 e. The molecule has 6 nitrogen and oxygen atoms in total. The summed E-state index contributed by atoms with van der Waals surface area (Å²) in [5.41, 5.74) is 0.364. The Morgan fingerprint density at radius 1 is 1.52 bits per heavy atom. The van der Waals surface area contributed by atoms with Crippen LogP contribution in [0, 0.1) is 6.92 Å². The molecule has 0 amide bonds. The highest BCUT2D eigenvalue weighted by molar-refractivity contribution is 9.11. The van der Waals surface area contributed by atoms with E-state index in [9.17, 15) is 13.2 Å². The molecule has 0 saturated heterocycles. The van der Waals surface area contributed by atoms with Crippen LogP contribution in [0.4, 0.5) is 0 Å². The topological polar surface area (TPSA) is 96.4 Å². The summed E-state index contributed by atoms with van der Waals surface area (Å²) >= 11 is 10.9. The molecule has 0 bridgehead atoms. The third-order valence-electron chi connectivity index (χ3n) is 2.34. The van der Waals surface area contributed by atoms with Crippen molar-refractivity contribution in [3.05, 3.63) is 30.5 Å². The summed E-state index contributed by atoms with van der Waals surface area (Å²) in [5.74, 6) is -1.08. The Hall–Kier alpha value is -0.520. The highest BCUT2D eigenvalue weighted by Crippen LogP contribution is 2.34. The van der Waals surface area contributed by atoms with Gasteiger partial charge in [0, 0.05) is 0 Å². The first-order chi connectivity index (χ1) is 9.70. The van der Waals surface area contributed by atoms with E-state index in [1.165, 1.54) is 6.07 Å². The number of thiazole rings is 1. The minimum Gasteiger partial charge on any atom is -0.477 e. The quantitative estimate of drug-likeness (QED) is 0.758. The Morgan fingerprint density at radius 3 is 2.67 bits per heavy atom. The molecule has 0 spiro atoms. The van der Waals surface area contributed by atoms with Crippen LogP contribution >= 0.6 is 50.2 Å². The van der Waals surface area contributed by atoms with Crippen molar-refractivity contribution in [3.63, 3.8) is 0 Å². The molecular weight excluding hydrogens is 424 g/mol. The Morgan fingerprint density at radius 2 is 2.19 bits per heavy atom. The Kier molecular flexibility index (Phi) is 5.06. The molecule has 0 aliphatic carbocycles. The fourth-order valence-electron chi connectivity index (χ4n) is 1.41. The van der Waals surface area contributed by atoms with Crippen LogP contribution in [-0.4, -0.2) is 24.5 Å². The van der Waals surface area contributed by atoms with Crippen LogP contribution in [-0.2, 0) is 16.6 Å². The van der Waals surface area contributed by atoms with Gasteiger partial charge in [0.25, 0.3) is 10.0 Å². The normalized spacial score (nSPS) is 11.8. The molecule has 2 rings (SSSR count). The van der Waals surface area contributed by atoms with Crippen molar-refractivity contribution in [1.29, 1.82) is 0 Å². The predicted molar refractivity (Wildman–Crippen MR) is 84.9 cm³/mol. The van der Waals surface area contributed by atoms with Gasteiger partial charge in [0.05, 0.1) is 21.0 Å².